The lowest BCUT2D eigenvalue weighted by molar-refractivity contribution is -0.139. The Morgan fingerprint density at radius 3 is 2.25 bits per heavy atom. The molecule has 3 nitrogen and oxygen atoms in total. The molecule has 0 saturated carbocycles. The zero-order chi connectivity index (χ0) is 9.78. The molecule has 0 spiro atoms. The van der Waals surface area contributed by atoms with Crippen molar-refractivity contribution in [2.24, 2.45) is 11.3 Å². The van der Waals surface area contributed by atoms with Crippen LogP contribution in [0, 0.1) is 11.3 Å². The first kappa shape index (κ1) is 11.4. The third kappa shape index (κ3) is 4.34. The fraction of sp³-hybridized carbons (Fsp3) is 0.889. The van der Waals surface area contributed by atoms with E-state index in [0.717, 1.165) is 6.54 Å². The summed E-state index contributed by atoms with van der Waals surface area (Å²) in [5.41, 5.74) is 0.0569. The highest BCUT2D eigenvalue weighted by Gasteiger charge is 2.25. The average Bonchev–Trinajstić information content (AvgIpc) is 1.83. The predicted octanol–water partition coefficient (Wildman–Crippen LogP) is 1.34. The maximum absolute atomic E-state index is 10.5. The van der Waals surface area contributed by atoms with E-state index in [1.165, 1.54) is 0 Å². The summed E-state index contributed by atoms with van der Waals surface area (Å²) in [4.78, 5) is 10.5. The molecule has 0 radical (unpaired) electrons. The summed E-state index contributed by atoms with van der Waals surface area (Å²) in [5.74, 6) is -0.523. The summed E-state index contributed by atoms with van der Waals surface area (Å²) in [6.07, 6.45) is 0.240. The molecule has 0 amide bonds. The van der Waals surface area contributed by atoms with Crippen LogP contribution in [0.2, 0.25) is 0 Å². The number of carboxylic acid groups (broad SMARTS) is 1. The molecule has 0 bridgehead atoms. The standard InChI is InChI=1S/C9H19NO2/c1-9(2,3)7(6-10-4)5-8(11)12/h7,10H,5-6H2,1-4H3,(H,11,12). The Morgan fingerprint density at radius 1 is 1.50 bits per heavy atom. The lowest BCUT2D eigenvalue weighted by atomic mass is 9.79. The number of aliphatic carboxylic acids is 1. The van der Waals surface area contributed by atoms with Gasteiger partial charge in [0.2, 0.25) is 0 Å². The molecule has 12 heavy (non-hydrogen) atoms. The van der Waals surface area contributed by atoms with E-state index in [4.69, 9.17) is 5.11 Å². The maximum atomic E-state index is 10.5. The Morgan fingerprint density at radius 2 is 2.00 bits per heavy atom. The van der Waals surface area contributed by atoms with Crippen LogP contribution in [0.15, 0.2) is 0 Å². The van der Waals surface area contributed by atoms with E-state index in [1.54, 1.807) is 0 Å². The van der Waals surface area contributed by atoms with Crippen LogP contribution >= 0.6 is 0 Å². The molecule has 0 fully saturated rings. The van der Waals surface area contributed by atoms with Gasteiger partial charge in [0, 0.05) is 6.42 Å². The van der Waals surface area contributed by atoms with Crippen LogP contribution in [0.25, 0.3) is 0 Å². The Bertz CT molecular complexity index is 149. The van der Waals surface area contributed by atoms with E-state index >= 15 is 0 Å². The molecule has 0 aromatic carbocycles. The lowest BCUT2D eigenvalue weighted by Crippen LogP contribution is -2.31. The van der Waals surface area contributed by atoms with Crippen molar-refractivity contribution in [3.05, 3.63) is 0 Å². The first-order chi connectivity index (χ1) is 5.38. The van der Waals surface area contributed by atoms with Gasteiger partial charge in [-0.05, 0) is 24.9 Å². The first-order valence-corrected chi connectivity index (χ1v) is 4.24. The number of hydrogen-bond acceptors (Lipinski definition) is 2. The van der Waals surface area contributed by atoms with Crippen molar-refractivity contribution in [2.75, 3.05) is 13.6 Å². The number of rotatable bonds is 4. The summed E-state index contributed by atoms with van der Waals surface area (Å²) in [6.45, 7) is 6.96. The van der Waals surface area contributed by atoms with Crippen molar-refractivity contribution in [1.82, 2.24) is 5.32 Å². The monoisotopic (exact) mass is 173 g/mol. The minimum atomic E-state index is -0.717. The summed E-state index contributed by atoms with van der Waals surface area (Å²) in [6, 6.07) is 0. The van der Waals surface area contributed by atoms with Crippen LogP contribution in [0.1, 0.15) is 27.2 Å². The van der Waals surface area contributed by atoms with Gasteiger partial charge >= 0.3 is 5.97 Å². The molecular formula is C9H19NO2. The minimum Gasteiger partial charge on any atom is -0.481 e. The van der Waals surface area contributed by atoms with Gasteiger partial charge in [-0.1, -0.05) is 20.8 Å². The van der Waals surface area contributed by atoms with Crippen LogP contribution in [-0.4, -0.2) is 24.7 Å². The van der Waals surface area contributed by atoms with Crippen LogP contribution in [0.5, 0.6) is 0 Å². The van der Waals surface area contributed by atoms with Crippen molar-refractivity contribution in [3.63, 3.8) is 0 Å². The molecule has 0 aliphatic carbocycles. The highest BCUT2D eigenvalue weighted by Crippen LogP contribution is 2.27. The number of carbonyl (C=O) groups is 1. The second kappa shape index (κ2) is 4.45. The average molecular weight is 173 g/mol. The van der Waals surface area contributed by atoms with Gasteiger partial charge in [-0.2, -0.15) is 0 Å². The van der Waals surface area contributed by atoms with Crippen LogP contribution < -0.4 is 5.32 Å². The van der Waals surface area contributed by atoms with E-state index in [2.05, 4.69) is 26.1 Å². The van der Waals surface area contributed by atoms with Gasteiger partial charge in [0.05, 0.1) is 0 Å². The van der Waals surface area contributed by atoms with Crippen molar-refractivity contribution in [2.45, 2.75) is 27.2 Å². The molecule has 0 aromatic heterocycles. The molecule has 3 heteroatoms. The number of hydrogen-bond donors (Lipinski definition) is 2. The molecule has 0 rings (SSSR count). The number of nitrogens with one attached hydrogen (secondary N) is 1. The molecule has 0 heterocycles. The molecule has 0 saturated heterocycles. The fourth-order valence-corrected chi connectivity index (χ4v) is 1.14. The summed E-state index contributed by atoms with van der Waals surface area (Å²) < 4.78 is 0. The van der Waals surface area contributed by atoms with Gasteiger partial charge in [0.15, 0.2) is 0 Å². The molecule has 1 unspecified atom stereocenters. The summed E-state index contributed by atoms with van der Waals surface area (Å²) >= 11 is 0. The molecule has 72 valence electrons. The zero-order valence-corrected chi connectivity index (χ0v) is 8.35. The first-order valence-electron chi connectivity index (χ1n) is 4.24. The quantitative estimate of drug-likeness (QED) is 0.674. The van der Waals surface area contributed by atoms with Crippen molar-refractivity contribution >= 4 is 5.97 Å². The van der Waals surface area contributed by atoms with Crippen LogP contribution in [0.4, 0.5) is 0 Å². The topological polar surface area (TPSA) is 49.3 Å². The van der Waals surface area contributed by atoms with Gasteiger partial charge in [0.25, 0.3) is 0 Å². The highest BCUT2D eigenvalue weighted by atomic mass is 16.4. The zero-order valence-electron chi connectivity index (χ0n) is 8.35. The lowest BCUT2D eigenvalue weighted by Gasteiger charge is -2.29. The predicted molar refractivity (Wildman–Crippen MR) is 49.1 cm³/mol. The second-order valence-electron chi connectivity index (χ2n) is 4.22. The third-order valence-electron chi connectivity index (χ3n) is 2.10. The number of carboxylic acids is 1. The van der Waals surface area contributed by atoms with Gasteiger partial charge in [-0.15, -0.1) is 0 Å². The van der Waals surface area contributed by atoms with Crippen molar-refractivity contribution in [3.8, 4) is 0 Å². The molecule has 0 aliphatic rings. The molecular weight excluding hydrogens is 154 g/mol. The SMILES string of the molecule is CNCC(CC(=O)O)C(C)(C)C. The Balaban J connectivity index is 4.13. The molecule has 0 aliphatic heterocycles. The highest BCUT2D eigenvalue weighted by molar-refractivity contribution is 5.67. The Labute approximate surface area is 74.2 Å². The Hall–Kier alpha value is -0.570. The van der Waals surface area contributed by atoms with Gasteiger partial charge < -0.3 is 10.4 Å². The van der Waals surface area contributed by atoms with Crippen molar-refractivity contribution in [1.29, 1.82) is 0 Å². The summed E-state index contributed by atoms with van der Waals surface area (Å²) in [5, 5.41) is 11.7. The van der Waals surface area contributed by atoms with Crippen LogP contribution in [0.3, 0.4) is 0 Å². The molecule has 2 N–H and O–H groups in total. The molecule has 1 atom stereocenters. The van der Waals surface area contributed by atoms with E-state index in [1.807, 2.05) is 7.05 Å². The van der Waals surface area contributed by atoms with E-state index in [9.17, 15) is 4.79 Å². The Kier molecular flexibility index (Phi) is 4.24. The van der Waals surface area contributed by atoms with Gasteiger partial charge in [-0.3, -0.25) is 4.79 Å². The van der Waals surface area contributed by atoms with Crippen LogP contribution in [-0.2, 0) is 4.79 Å². The van der Waals surface area contributed by atoms with E-state index in [-0.39, 0.29) is 17.8 Å². The van der Waals surface area contributed by atoms with Gasteiger partial charge in [-0.25, -0.2) is 0 Å². The maximum Gasteiger partial charge on any atom is 0.303 e. The van der Waals surface area contributed by atoms with Gasteiger partial charge in [0.1, 0.15) is 0 Å². The summed E-state index contributed by atoms with van der Waals surface area (Å²) in [7, 11) is 1.85. The normalized spacial score (nSPS) is 14.3. The van der Waals surface area contributed by atoms with E-state index in [0.29, 0.717) is 0 Å². The molecule has 0 aromatic rings. The minimum absolute atomic E-state index is 0.0569. The second-order valence-corrected chi connectivity index (χ2v) is 4.22. The third-order valence-corrected chi connectivity index (χ3v) is 2.10. The van der Waals surface area contributed by atoms with Crippen molar-refractivity contribution < 1.29 is 9.90 Å². The van der Waals surface area contributed by atoms with E-state index < -0.39 is 5.97 Å². The fourth-order valence-electron chi connectivity index (χ4n) is 1.14. The smallest absolute Gasteiger partial charge is 0.303 e. The largest absolute Gasteiger partial charge is 0.481 e.